The zero-order valence-electron chi connectivity index (χ0n) is 11.4. The van der Waals surface area contributed by atoms with Gasteiger partial charge in [-0.1, -0.05) is 0 Å². The van der Waals surface area contributed by atoms with Gasteiger partial charge >= 0.3 is 5.97 Å². The largest absolute Gasteiger partial charge is 0.504 e. The Bertz CT molecular complexity index is 442. The van der Waals surface area contributed by atoms with Crippen LogP contribution >= 0.6 is 0 Å². The Kier molecular flexibility index (Phi) is 4.64. The molecule has 0 aliphatic heterocycles. The van der Waals surface area contributed by atoms with Gasteiger partial charge in [-0.3, -0.25) is 4.79 Å². The molecule has 19 heavy (non-hydrogen) atoms. The van der Waals surface area contributed by atoms with E-state index in [1.165, 1.54) is 12.1 Å². The highest BCUT2D eigenvalue weighted by Gasteiger charge is 2.26. The van der Waals surface area contributed by atoms with E-state index in [4.69, 9.17) is 9.84 Å². The molecule has 0 bridgehead atoms. The van der Waals surface area contributed by atoms with Gasteiger partial charge in [0.2, 0.25) is 5.75 Å². The summed E-state index contributed by atoms with van der Waals surface area (Å²) in [5.74, 6) is -1.04. The molecule has 0 fully saturated rings. The van der Waals surface area contributed by atoms with Crippen LogP contribution in [0, 0.1) is 12.3 Å². The van der Waals surface area contributed by atoms with Crippen molar-refractivity contribution < 1.29 is 24.9 Å². The maximum Gasteiger partial charge on any atom is 0.309 e. The molecule has 0 saturated carbocycles. The minimum Gasteiger partial charge on any atom is -0.504 e. The summed E-state index contributed by atoms with van der Waals surface area (Å²) in [6.45, 7) is 5.28. The summed E-state index contributed by atoms with van der Waals surface area (Å²) < 4.78 is 5.30. The number of carboxylic acid groups (broad SMARTS) is 1. The quantitative estimate of drug-likeness (QED) is 0.690. The smallest absolute Gasteiger partial charge is 0.309 e. The fourth-order valence-corrected chi connectivity index (χ4v) is 1.68. The van der Waals surface area contributed by atoms with Crippen molar-refractivity contribution in [3.05, 3.63) is 17.7 Å². The molecule has 5 nitrogen and oxygen atoms in total. The number of rotatable bonds is 6. The Morgan fingerprint density at radius 3 is 2.26 bits per heavy atom. The molecule has 1 aromatic carbocycles. The molecule has 0 aromatic heterocycles. The van der Waals surface area contributed by atoms with Gasteiger partial charge in [0.05, 0.1) is 12.0 Å². The summed E-state index contributed by atoms with van der Waals surface area (Å²) in [6, 6.07) is 2.99. The number of carboxylic acids is 1. The van der Waals surface area contributed by atoms with E-state index in [1.54, 1.807) is 20.8 Å². The number of carbonyl (C=O) groups is 1. The lowest BCUT2D eigenvalue weighted by molar-refractivity contribution is -0.147. The van der Waals surface area contributed by atoms with Crippen molar-refractivity contribution in [1.29, 1.82) is 0 Å². The van der Waals surface area contributed by atoms with Gasteiger partial charge in [-0.15, -0.1) is 0 Å². The van der Waals surface area contributed by atoms with E-state index in [1.807, 2.05) is 0 Å². The molecule has 0 saturated heterocycles. The second kappa shape index (κ2) is 5.82. The summed E-state index contributed by atoms with van der Waals surface area (Å²) in [6.07, 6.45) is 0.974. The first-order chi connectivity index (χ1) is 8.74. The third-order valence-corrected chi connectivity index (χ3v) is 2.97. The van der Waals surface area contributed by atoms with Crippen LogP contribution in [0.3, 0.4) is 0 Å². The number of phenols is 2. The van der Waals surface area contributed by atoms with Crippen LogP contribution in [0.1, 0.15) is 32.3 Å². The molecule has 0 atom stereocenters. The van der Waals surface area contributed by atoms with Crippen LogP contribution < -0.4 is 4.74 Å². The summed E-state index contributed by atoms with van der Waals surface area (Å²) in [5.41, 5.74) is -0.0739. The number of hydrogen-bond acceptors (Lipinski definition) is 4. The highest BCUT2D eigenvalue weighted by atomic mass is 16.5. The zero-order valence-corrected chi connectivity index (χ0v) is 11.4. The molecule has 0 spiro atoms. The highest BCUT2D eigenvalue weighted by molar-refractivity contribution is 5.73. The molecule has 3 N–H and O–H groups in total. The molecule has 0 heterocycles. The van der Waals surface area contributed by atoms with Gasteiger partial charge in [-0.05, 0) is 51.3 Å². The van der Waals surface area contributed by atoms with Crippen LogP contribution in [-0.2, 0) is 4.79 Å². The second-order valence-corrected chi connectivity index (χ2v) is 5.27. The molecule has 0 radical (unpaired) electrons. The molecule has 1 aromatic rings. The Morgan fingerprint density at radius 1 is 1.26 bits per heavy atom. The van der Waals surface area contributed by atoms with Gasteiger partial charge in [0.15, 0.2) is 11.5 Å². The van der Waals surface area contributed by atoms with Crippen LogP contribution in [0.2, 0.25) is 0 Å². The van der Waals surface area contributed by atoms with Crippen LogP contribution in [0.25, 0.3) is 0 Å². The predicted molar refractivity (Wildman–Crippen MR) is 70.7 cm³/mol. The number of hydrogen-bond donors (Lipinski definition) is 3. The fourth-order valence-electron chi connectivity index (χ4n) is 1.68. The molecule has 0 amide bonds. The normalized spacial score (nSPS) is 11.3. The molecule has 1 rings (SSSR count). The first-order valence-corrected chi connectivity index (χ1v) is 6.13. The Morgan fingerprint density at radius 2 is 1.79 bits per heavy atom. The summed E-state index contributed by atoms with van der Waals surface area (Å²) >= 11 is 0. The van der Waals surface area contributed by atoms with Crippen molar-refractivity contribution in [2.45, 2.75) is 33.6 Å². The topological polar surface area (TPSA) is 87.0 Å². The molecular weight excluding hydrogens is 248 g/mol. The lowest BCUT2D eigenvalue weighted by atomic mass is 9.88. The van der Waals surface area contributed by atoms with Gasteiger partial charge < -0.3 is 20.1 Å². The van der Waals surface area contributed by atoms with E-state index in [0.29, 0.717) is 12.8 Å². The summed E-state index contributed by atoms with van der Waals surface area (Å²) in [7, 11) is 0. The van der Waals surface area contributed by atoms with Gasteiger partial charge in [-0.25, -0.2) is 0 Å². The maximum absolute atomic E-state index is 10.9. The van der Waals surface area contributed by atoms with Crippen molar-refractivity contribution >= 4 is 5.97 Å². The van der Waals surface area contributed by atoms with E-state index in [2.05, 4.69) is 0 Å². The van der Waals surface area contributed by atoms with Crippen molar-refractivity contribution in [2.24, 2.45) is 5.41 Å². The maximum atomic E-state index is 10.9. The number of aliphatic carboxylic acids is 1. The van der Waals surface area contributed by atoms with Gasteiger partial charge in [0, 0.05) is 0 Å². The second-order valence-electron chi connectivity index (χ2n) is 5.27. The van der Waals surface area contributed by atoms with Gasteiger partial charge in [0.25, 0.3) is 0 Å². The van der Waals surface area contributed by atoms with Gasteiger partial charge in [-0.2, -0.15) is 0 Å². The van der Waals surface area contributed by atoms with Crippen LogP contribution in [0.15, 0.2) is 12.1 Å². The van der Waals surface area contributed by atoms with Crippen LogP contribution in [0.5, 0.6) is 17.2 Å². The molecule has 0 unspecified atom stereocenters. The molecular formula is C14H20O5. The average Bonchev–Trinajstić information content (AvgIpc) is 2.26. The monoisotopic (exact) mass is 268 g/mol. The number of ether oxygens (including phenoxy) is 1. The predicted octanol–water partition coefficient (Wildman–Crippen LogP) is 2.68. The number of aryl methyl sites for hydroxylation is 1. The number of aromatic hydroxyl groups is 2. The van der Waals surface area contributed by atoms with Crippen molar-refractivity contribution in [3.8, 4) is 17.2 Å². The Balaban J connectivity index is 2.53. The molecule has 106 valence electrons. The van der Waals surface area contributed by atoms with E-state index < -0.39 is 11.4 Å². The van der Waals surface area contributed by atoms with Crippen molar-refractivity contribution in [3.63, 3.8) is 0 Å². The standard InChI is InChI=1S/C14H20O5/c1-9-7-10(15)12(11(16)8-9)19-6-4-5-14(2,3)13(17)18/h7-8,15-16H,4-6H2,1-3H3,(H,17,18). The minimum atomic E-state index is -0.853. The van der Waals surface area contributed by atoms with E-state index in [0.717, 1.165) is 5.56 Å². The van der Waals surface area contributed by atoms with Gasteiger partial charge in [0.1, 0.15) is 0 Å². The molecule has 0 aliphatic rings. The van der Waals surface area contributed by atoms with Crippen molar-refractivity contribution in [1.82, 2.24) is 0 Å². The van der Waals surface area contributed by atoms with E-state index in [-0.39, 0.29) is 23.9 Å². The lowest BCUT2D eigenvalue weighted by Gasteiger charge is -2.19. The first kappa shape index (κ1) is 15.1. The molecule has 5 heteroatoms. The first-order valence-electron chi connectivity index (χ1n) is 6.13. The lowest BCUT2D eigenvalue weighted by Crippen LogP contribution is -2.24. The number of phenolic OH excluding ortho intramolecular Hbond substituents is 2. The fraction of sp³-hybridized carbons (Fsp3) is 0.500. The van der Waals surface area contributed by atoms with Crippen LogP contribution in [0.4, 0.5) is 0 Å². The summed E-state index contributed by atoms with van der Waals surface area (Å²) in [4.78, 5) is 10.9. The SMILES string of the molecule is Cc1cc(O)c(OCCCC(C)(C)C(=O)O)c(O)c1. The number of benzene rings is 1. The van der Waals surface area contributed by atoms with E-state index in [9.17, 15) is 15.0 Å². The third kappa shape index (κ3) is 4.05. The summed E-state index contributed by atoms with van der Waals surface area (Å²) in [5, 5.41) is 28.2. The van der Waals surface area contributed by atoms with E-state index >= 15 is 0 Å². The minimum absolute atomic E-state index is 0.0405. The Hall–Kier alpha value is -1.91. The third-order valence-electron chi connectivity index (χ3n) is 2.97. The van der Waals surface area contributed by atoms with Crippen molar-refractivity contribution in [2.75, 3.05) is 6.61 Å². The molecule has 0 aliphatic carbocycles. The zero-order chi connectivity index (χ0) is 14.6. The Labute approximate surface area is 112 Å². The highest BCUT2D eigenvalue weighted by Crippen LogP contribution is 2.37. The van der Waals surface area contributed by atoms with Crippen LogP contribution in [-0.4, -0.2) is 27.9 Å². The average molecular weight is 268 g/mol.